The number of benzene rings is 1. The van der Waals surface area contributed by atoms with Gasteiger partial charge in [0.05, 0.1) is 6.61 Å². The predicted molar refractivity (Wildman–Crippen MR) is 103 cm³/mol. The lowest BCUT2D eigenvalue weighted by molar-refractivity contribution is -0.122. The van der Waals surface area contributed by atoms with Gasteiger partial charge in [-0.05, 0) is 30.9 Å². The van der Waals surface area contributed by atoms with Gasteiger partial charge in [-0.1, -0.05) is 18.2 Å². The number of anilines is 1. The van der Waals surface area contributed by atoms with E-state index in [-0.39, 0.29) is 30.7 Å². The summed E-state index contributed by atoms with van der Waals surface area (Å²) >= 11 is 0. The summed E-state index contributed by atoms with van der Waals surface area (Å²) in [4.78, 5) is 14.4. The maximum absolute atomic E-state index is 12.1. The van der Waals surface area contributed by atoms with Crippen LogP contribution in [-0.4, -0.2) is 50.2 Å². The topological polar surface area (TPSA) is 67.6 Å². The molecule has 3 N–H and O–H groups in total. The lowest BCUT2D eigenvalue weighted by Crippen LogP contribution is -2.45. The third-order valence-corrected chi connectivity index (χ3v) is 4.24. The second-order valence-electron chi connectivity index (χ2n) is 5.88. The van der Waals surface area contributed by atoms with Crippen molar-refractivity contribution in [3.05, 3.63) is 29.8 Å². The maximum atomic E-state index is 12.1. The number of aryl methyl sites for hydroxylation is 1. The van der Waals surface area contributed by atoms with Crippen LogP contribution in [0.4, 0.5) is 5.69 Å². The SMILES string of the molecule is COCCN1CCC(NC(=O)CCc2ccccc2N)CC1.Cl.Cl. The van der Waals surface area contributed by atoms with E-state index in [2.05, 4.69) is 10.2 Å². The molecule has 1 amide bonds. The number of nitrogens with two attached hydrogens (primary N) is 1. The van der Waals surface area contributed by atoms with E-state index >= 15 is 0 Å². The molecule has 0 aromatic heterocycles. The predicted octanol–water partition coefficient (Wildman–Crippen LogP) is 2.27. The van der Waals surface area contributed by atoms with Crippen LogP contribution >= 0.6 is 24.8 Å². The number of piperidine rings is 1. The van der Waals surface area contributed by atoms with Crippen LogP contribution in [0.3, 0.4) is 0 Å². The number of ether oxygens (including phenoxy) is 1. The monoisotopic (exact) mass is 377 g/mol. The Morgan fingerprint density at radius 2 is 1.96 bits per heavy atom. The molecule has 24 heavy (non-hydrogen) atoms. The van der Waals surface area contributed by atoms with Crippen molar-refractivity contribution in [3.8, 4) is 0 Å². The number of carbonyl (C=O) groups is 1. The summed E-state index contributed by atoms with van der Waals surface area (Å²) < 4.78 is 5.10. The summed E-state index contributed by atoms with van der Waals surface area (Å²) in [6, 6.07) is 8.04. The lowest BCUT2D eigenvalue weighted by atomic mass is 10.0. The minimum atomic E-state index is 0. The molecule has 0 aliphatic carbocycles. The normalized spacial score (nSPS) is 15.2. The average Bonchev–Trinajstić information content (AvgIpc) is 2.53. The van der Waals surface area contributed by atoms with E-state index in [0.29, 0.717) is 18.9 Å². The number of hydrogen-bond donors (Lipinski definition) is 2. The highest BCUT2D eigenvalue weighted by molar-refractivity contribution is 5.85. The molecule has 1 aliphatic heterocycles. The van der Waals surface area contributed by atoms with E-state index in [4.69, 9.17) is 10.5 Å². The molecular formula is C17H29Cl2N3O2. The van der Waals surface area contributed by atoms with Crippen molar-refractivity contribution in [2.24, 2.45) is 0 Å². The Morgan fingerprint density at radius 3 is 2.58 bits per heavy atom. The molecule has 1 heterocycles. The summed E-state index contributed by atoms with van der Waals surface area (Å²) in [5.41, 5.74) is 7.71. The highest BCUT2D eigenvalue weighted by Crippen LogP contribution is 2.14. The first-order valence-electron chi connectivity index (χ1n) is 8.03. The number of hydrogen-bond acceptors (Lipinski definition) is 4. The Balaban J connectivity index is 0.00000264. The Kier molecular flexibility index (Phi) is 11.8. The Hall–Kier alpha value is -1.01. The van der Waals surface area contributed by atoms with E-state index in [9.17, 15) is 4.79 Å². The van der Waals surface area contributed by atoms with Crippen molar-refractivity contribution in [2.45, 2.75) is 31.7 Å². The third-order valence-electron chi connectivity index (χ3n) is 4.24. The molecule has 0 spiro atoms. The number of para-hydroxylation sites is 1. The Morgan fingerprint density at radius 1 is 1.29 bits per heavy atom. The minimum absolute atomic E-state index is 0. The zero-order chi connectivity index (χ0) is 15.8. The van der Waals surface area contributed by atoms with Crippen LogP contribution in [0, 0.1) is 0 Å². The minimum Gasteiger partial charge on any atom is -0.399 e. The van der Waals surface area contributed by atoms with Crippen molar-refractivity contribution in [1.29, 1.82) is 0 Å². The number of nitrogen functional groups attached to an aromatic ring is 1. The molecule has 1 aliphatic rings. The second-order valence-corrected chi connectivity index (χ2v) is 5.88. The summed E-state index contributed by atoms with van der Waals surface area (Å²) in [6.45, 7) is 3.81. The van der Waals surface area contributed by atoms with Gasteiger partial charge in [-0.2, -0.15) is 0 Å². The first-order valence-corrected chi connectivity index (χ1v) is 8.03. The first-order chi connectivity index (χ1) is 10.7. The fraction of sp³-hybridized carbons (Fsp3) is 0.588. The van der Waals surface area contributed by atoms with Crippen molar-refractivity contribution < 1.29 is 9.53 Å². The molecule has 5 nitrogen and oxygen atoms in total. The van der Waals surface area contributed by atoms with E-state index in [1.807, 2.05) is 24.3 Å². The van der Waals surface area contributed by atoms with Crippen molar-refractivity contribution in [3.63, 3.8) is 0 Å². The van der Waals surface area contributed by atoms with Gasteiger partial charge in [0.15, 0.2) is 0 Å². The van der Waals surface area contributed by atoms with Crippen LogP contribution in [0.5, 0.6) is 0 Å². The van der Waals surface area contributed by atoms with Crippen LogP contribution in [0.15, 0.2) is 24.3 Å². The molecule has 1 aromatic rings. The van der Waals surface area contributed by atoms with E-state index < -0.39 is 0 Å². The number of amides is 1. The Bertz CT molecular complexity index is 481. The molecule has 7 heteroatoms. The molecule has 0 unspecified atom stereocenters. The highest BCUT2D eigenvalue weighted by atomic mass is 35.5. The molecule has 1 fully saturated rings. The molecule has 138 valence electrons. The Labute approximate surface area is 157 Å². The molecule has 1 saturated heterocycles. The number of halogens is 2. The first kappa shape index (κ1) is 23.0. The van der Waals surface area contributed by atoms with E-state index in [1.165, 1.54) is 0 Å². The smallest absolute Gasteiger partial charge is 0.220 e. The van der Waals surface area contributed by atoms with Crippen LogP contribution < -0.4 is 11.1 Å². The highest BCUT2D eigenvalue weighted by Gasteiger charge is 2.20. The van der Waals surface area contributed by atoms with Crippen LogP contribution in [0.25, 0.3) is 0 Å². The van der Waals surface area contributed by atoms with E-state index in [0.717, 1.165) is 50.3 Å². The van der Waals surface area contributed by atoms with Crippen molar-refractivity contribution >= 4 is 36.4 Å². The standard InChI is InChI=1S/C17H27N3O2.2ClH/c1-22-13-12-20-10-8-15(9-11-20)19-17(21)7-6-14-4-2-3-5-16(14)18;;/h2-5,15H,6-13,18H2,1H3,(H,19,21);2*1H. The van der Waals surface area contributed by atoms with Gasteiger partial charge in [-0.3, -0.25) is 4.79 Å². The van der Waals surface area contributed by atoms with Gasteiger partial charge in [0, 0.05) is 44.9 Å². The maximum Gasteiger partial charge on any atom is 0.220 e. The van der Waals surface area contributed by atoms with Gasteiger partial charge < -0.3 is 20.7 Å². The number of carbonyl (C=O) groups excluding carboxylic acids is 1. The molecule has 2 rings (SSSR count). The van der Waals surface area contributed by atoms with Crippen molar-refractivity contribution in [2.75, 3.05) is 39.1 Å². The summed E-state index contributed by atoms with van der Waals surface area (Å²) in [5.74, 6) is 0.124. The quantitative estimate of drug-likeness (QED) is 0.715. The fourth-order valence-electron chi connectivity index (χ4n) is 2.83. The van der Waals surface area contributed by atoms with Crippen molar-refractivity contribution in [1.82, 2.24) is 10.2 Å². The molecule has 1 aromatic carbocycles. The van der Waals surface area contributed by atoms with Gasteiger partial charge in [0.2, 0.25) is 5.91 Å². The molecule has 0 radical (unpaired) electrons. The number of nitrogens with one attached hydrogen (secondary N) is 1. The summed E-state index contributed by atoms with van der Waals surface area (Å²) in [5, 5.41) is 3.15. The zero-order valence-electron chi connectivity index (χ0n) is 14.2. The summed E-state index contributed by atoms with van der Waals surface area (Å²) in [7, 11) is 1.73. The van der Waals surface area contributed by atoms with Gasteiger partial charge in [0.1, 0.15) is 0 Å². The molecule has 0 saturated carbocycles. The van der Waals surface area contributed by atoms with Gasteiger partial charge >= 0.3 is 0 Å². The van der Waals surface area contributed by atoms with Gasteiger partial charge in [0.25, 0.3) is 0 Å². The van der Waals surface area contributed by atoms with Crippen LogP contribution in [0.1, 0.15) is 24.8 Å². The number of methoxy groups -OCH3 is 1. The largest absolute Gasteiger partial charge is 0.399 e. The van der Waals surface area contributed by atoms with Crippen LogP contribution in [0.2, 0.25) is 0 Å². The fourth-order valence-corrected chi connectivity index (χ4v) is 2.83. The van der Waals surface area contributed by atoms with Gasteiger partial charge in [-0.15, -0.1) is 24.8 Å². The summed E-state index contributed by atoms with van der Waals surface area (Å²) in [6.07, 6.45) is 3.23. The zero-order valence-corrected chi connectivity index (χ0v) is 15.8. The van der Waals surface area contributed by atoms with Gasteiger partial charge in [-0.25, -0.2) is 0 Å². The van der Waals surface area contributed by atoms with Crippen LogP contribution in [-0.2, 0) is 16.0 Å². The lowest BCUT2D eigenvalue weighted by Gasteiger charge is -2.32. The third kappa shape index (κ3) is 7.71. The molecular weight excluding hydrogens is 349 g/mol. The molecule has 0 bridgehead atoms. The number of nitrogens with zero attached hydrogens (tertiary/aromatic N) is 1. The van der Waals surface area contributed by atoms with E-state index in [1.54, 1.807) is 7.11 Å². The number of rotatable bonds is 7. The number of likely N-dealkylation sites (tertiary alicyclic amines) is 1. The second kappa shape index (κ2) is 12.4. The molecule has 0 atom stereocenters. The average molecular weight is 378 g/mol.